The molecule has 0 saturated carbocycles. The Labute approximate surface area is 168 Å². The molecule has 2 aliphatic heterocycles. The number of hydrogen-bond donors (Lipinski definition) is 1. The molecule has 0 bridgehead atoms. The number of carbonyl (C=O) groups is 1. The maximum atomic E-state index is 13.7. The van der Waals surface area contributed by atoms with Gasteiger partial charge in [-0.1, -0.05) is 6.07 Å². The second-order valence-electron chi connectivity index (χ2n) is 7.30. The predicted molar refractivity (Wildman–Crippen MR) is 107 cm³/mol. The van der Waals surface area contributed by atoms with Crippen LogP contribution >= 0.6 is 0 Å². The van der Waals surface area contributed by atoms with Crippen molar-refractivity contribution in [1.29, 1.82) is 0 Å². The zero-order chi connectivity index (χ0) is 20.2. The van der Waals surface area contributed by atoms with Crippen LogP contribution in [0.3, 0.4) is 0 Å². The molecule has 0 spiro atoms. The fourth-order valence-electron chi connectivity index (χ4n) is 3.72. The molecule has 4 rings (SSSR count). The summed E-state index contributed by atoms with van der Waals surface area (Å²) in [5.74, 6) is 0.0893. The molecule has 2 fully saturated rings. The topological polar surface area (TPSA) is 64.6 Å². The Morgan fingerprint density at radius 2 is 1.34 bits per heavy atom. The average Bonchev–Trinajstić information content (AvgIpc) is 2.77. The summed E-state index contributed by atoms with van der Waals surface area (Å²) in [6.45, 7) is 4.04. The third kappa shape index (κ3) is 4.38. The molecule has 0 unspecified atom stereocenters. The van der Waals surface area contributed by atoms with Gasteiger partial charge < -0.3 is 20.0 Å². The lowest BCUT2D eigenvalue weighted by Crippen LogP contribution is -2.50. The van der Waals surface area contributed by atoms with E-state index in [0.29, 0.717) is 26.2 Å². The Morgan fingerprint density at radius 3 is 1.90 bits per heavy atom. The van der Waals surface area contributed by atoms with Crippen LogP contribution in [0.1, 0.15) is 19.3 Å². The summed E-state index contributed by atoms with van der Waals surface area (Å²) in [6, 6.07) is 6.93. The van der Waals surface area contributed by atoms with Gasteiger partial charge in [0, 0.05) is 39.3 Å². The van der Waals surface area contributed by atoms with Gasteiger partial charge in [-0.25, -0.2) is 13.6 Å². The van der Waals surface area contributed by atoms with Crippen LogP contribution in [0.4, 0.5) is 30.9 Å². The van der Waals surface area contributed by atoms with Crippen LogP contribution in [0.5, 0.6) is 0 Å². The molecule has 1 aromatic heterocycles. The summed E-state index contributed by atoms with van der Waals surface area (Å²) in [5.41, 5.74) is -0.418. The highest BCUT2D eigenvalue weighted by molar-refractivity contribution is 5.89. The van der Waals surface area contributed by atoms with Gasteiger partial charge in [0.05, 0.1) is 0 Å². The van der Waals surface area contributed by atoms with E-state index < -0.39 is 23.4 Å². The number of para-hydroxylation sites is 1. The smallest absolute Gasteiger partial charge is 0.322 e. The van der Waals surface area contributed by atoms with E-state index in [2.05, 4.69) is 25.3 Å². The molecule has 2 aromatic rings. The van der Waals surface area contributed by atoms with Crippen molar-refractivity contribution in [3.05, 3.63) is 42.0 Å². The largest absolute Gasteiger partial charge is 0.355 e. The number of benzene rings is 1. The van der Waals surface area contributed by atoms with Crippen LogP contribution < -0.4 is 15.1 Å². The number of urea groups is 1. The van der Waals surface area contributed by atoms with Gasteiger partial charge in [-0.2, -0.15) is 0 Å². The first-order chi connectivity index (χ1) is 14.1. The zero-order valence-corrected chi connectivity index (χ0v) is 16.2. The van der Waals surface area contributed by atoms with E-state index in [9.17, 15) is 13.6 Å². The number of carbonyl (C=O) groups excluding carboxylic acids is 1. The number of anilines is 3. The van der Waals surface area contributed by atoms with Crippen molar-refractivity contribution in [3.8, 4) is 0 Å². The Bertz CT molecular complexity index is 828. The van der Waals surface area contributed by atoms with E-state index in [0.717, 1.165) is 36.9 Å². The minimum atomic E-state index is -0.791. The summed E-state index contributed by atoms with van der Waals surface area (Å²) in [7, 11) is 0. The van der Waals surface area contributed by atoms with Crippen LogP contribution in [-0.4, -0.2) is 60.4 Å². The van der Waals surface area contributed by atoms with E-state index in [1.54, 1.807) is 0 Å². The van der Waals surface area contributed by atoms with Crippen LogP contribution in [-0.2, 0) is 0 Å². The molecule has 7 nitrogen and oxygen atoms in total. The van der Waals surface area contributed by atoms with Crippen molar-refractivity contribution >= 4 is 23.4 Å². The highest BCUT2D eigenvalue weighted by atomic mass is 19.1. The molecular weight excluding hydrogens is 378 g/mol. The van der Waals surface area contributed by atoms with Gasteiger partial charge in [0.25, 0.3) is 0 Å². The Hall–Kier alpha value is -2.97. The fourth-order valence-corrected chi connectivity index (χ4v) is 3.72. The monoisotopic (exact) mass is 402 g/mol. The van der Waals surface area contributed by atoms with Gasteiger partial charge in [0.1, 0.15) is 17.3 Å². The number of aromatic nitrogens is 2. The van der Waals surface area contributed by atoms with Crippen LogP contribution in [0.2, 0.25) is 0 Å². The van der Waals surface area contributed by atoms with E-state index in [1.807, 2.05) is 12.1 Å². The number of rotatable bonds is 3. The fraction of sp³-hybridized carbons (Fsp3) is 0.450. The minimum Gasteiger partial charge on any atom is -0.355 e. The molecule has 29 heavy (non-hydrogen) atoms. The maximum Gasteiger partial charge on any atom is 0.322 e. The summed E-state index contributed by atoms with van der Waals surface area (Å²) in [6.07, 6.45) is 3.64. The first-order valence-electron chi connectivity index (χ1n) is 9.95. The molecule has 0 atom stereocenters. The molecule has 154 valence electrons. The third-order valence-corrected chi connectivity index (χ3v) is 5.40. The number of piperazine rings is 1. The van der Waals surface area contributed by atoms with Crippen LogP contribution in [0.15, 0.2) is 30.3 Å². The molecule has 0 radical (unpaired) electrons. The van der Waals surface area contributed by atoms with Gasteiger partial charge in [0.2, 0.25) is 0 Å². The number of piperidine rings is 1. The normalized spacial score (nSPS) is 17.4. The Balaban J connectivity index is 1.32. The number of halogens is 2. The molecule has 0 aliphatic carbocycles. The van der Waals surface area contributed by atoms with Gasteiger partial charge >= 0.3 is 6.03 Å². The minimum absolute atomic E-state index is 0.418. The Kier molecular flexibility index (Phi) is 5.73. The van der Waals surface area contributed by atoms with Crippen molar-refractivity contribution in [1.82, 2.24) is 15.1 Å². The second kappa shape index (κ2) is 8.59. The van der Waals surface area contributed by atoms with Crippen LogP contribution in [0, 0.1) is 11.6 Å². The summed E-state index contributed by atoms with van der Waals surface area (Å²) in [5, 5.41) is 11.1. The van der Waals surface area contributed by atoms with Crippen molar-refractivity contribution in [3.63, 3.8) is 0 Å². The molecule has 9 heteroatoms. The zero-order valence-electron chi connectivity index (χ0n) is 16.2. The molecule has 1 N–H and O–H groups in total. The van der Waals surface area contributed by atoms with Crippen molar-refractivity contribution in [2.24, 2.45) is 0 Å². The summed E-state index contributed by atoms with van der Waals surface area (Å²) in [4.78, 5) is 18.2. The highest BCUT2D eigenvalue weighted by Gasteiger charge is 2.24. The maximum absolute atomic E-state index is 13.7. The van der Waals surface area contributed by atoms with E-state index >= 15 is 0 Å². The van der Waals surface area contributed by atoms with Gasteiger partial charge in [-0.3, -0.25) is 0 Å². The van der Waals surface area contributed by atoms with Gasteiger partial charge in [0.15, 0.2) is 11.6 Å². The third-order valence-electron chi connectivity index (χ3n) is 5.40. The molecule has 2 amide bonds. The molecule has 1 aromatic carbocycles. The lowest BCUT2D eigenvalue weighted by Gasteiger charge is -2.35. The lowest BCUT2D eigenvalue weighted by atomic mass is 10.1. The van der Waals surface area contributed by atoms with Crippen LogP contribution in [0.25, 0.3) is 0 Å². The number of amides is 2. The standard InChI is InChI=1S/C20H24F2N6O/c21-15-5-4-6-16(22)19(15)23-20(29)28-13-11-27(12-14-28)18-8-7-17(24-25-18)26-9-2-1-3-10-26/h4-8H,1-3,9-14H2,(H,23,29). The highest BCUT2D eigenvalue weighted by Crippen LogP contribution is 2.21. The summed E-state index contributed by atoms with van der Waals surface area (Å²) < 4.78 is 27.5. The predicted octanol–water partition coefficient (Wildman–Crippen LogP) is 3.10. The SMILES string of the molecule is O=C(Nc1c(F)cccc1F)N1CCN(c2ccc(N3CCCCC3)nn2)CC1. The first-order valence-corrected chi connectivity index (χ1v) is 9.95. The van der Waals surface area contributed by atoms with Gasteiger partial charge in [-0.05, 0) is 43.5 Å². The van der Waals surface area contributed by atoms with Crippen molar-refractivity contribution in [2.45, 2.75) is 19.3 Å². The number of hydrogen-bond acceptors (Lipinski definition) is 5. The molecule has 3 heterocycles. The van der Waals surface area contributed by atoms with Crippen molar-refractivity contribution < 1.29 is 13.6 Å². The average molecular weight is 402 g/mol. The lowest BCUT2D eigenvalue weighted by molar-refractivity contribution is 0.207. The van der Waals surface area contributed by atoms with E-state index in [4.69, 9.17) is 0 Å². The molecule has 2 saturated heterocycles. The van der Waals surface area contributed by atoms with E-state index in [1.165, 1.54) is 30.2 Å². The quantitative estimate of drug-likeness (QED) is 0.855. The molecule has 2 aliphatic rings. The first kappa shape index (κ1) is 19.4. The van der Waals surface area contributed by atoms with E-state index in [-0.39, 0.29) is 0 Å². The van der Waals surface area contributed by atoms with Gasteiger partial charge in [-0.15, -0.1) is 10.2 Å². The molecular formula is C20H24F2N6O. The summed E-state index contributed by atoms with van der Waals surface area (Å²) >= 11 is 0. The number of nitrogens with zero attached hydrogens (tertiary/aromatic N) is 5. The second-order valence-corrected chi connectivity index (χ2v) is 7.30. The Morgan fingerprint density at radius 1 is 0.793 bits per heavy atom. The van der Waals surface area contributed by atoms with Crippen molar-refractivity contribution in [2.75, 3.05) is 54.4 Å². The number of nitrogens with one attached hydrogen (secondary N) is 1.